The lowest BCUT2D eigenvalue weighted by Crippen LogP contribution is -2.33. The second-order valence-electron chi connectivity index (χ2n) is 4.87. The van der Waals surface area contributed by atoms with Crippen LogP contribution in [0.4, 0.5) is 0 Å². The molecular weight excluding hydrogens is 402 g/mol. The van der Waals surface area contributed by atoms with E-state index in [2.05, 4.69) is 0 Å². The van der Waals surface area contributed by atoms with E-state index in [1.54, 1.807) is 30.3 Å². The number of carbonyl (C=O) groups is 2. The zero-order valence-electron chi connectivity index (χ0n) is 12.5. The summed E-state index contributed by atoms with van der Waals surface area (Å²) in [5.74, 6) is -1.05. The molecule has 0 bridgehead atoms. The highest BCUT2D eigenvalue weighted by molar-refractivity contribution is 8.26. The molecule has 1 aliphatic heterocycles. The second kappa shape index (κ2) is 7.65. The molecule has 1 amide bonds. The molecular formula is C16H10ClNO4S3. The summed E-state index contributed by atoms with van der Waals surface area (Å²) in [6.07, 6.45) is 1.56. The summed E-state index contributed by atoms with van der Waals surface area (Å²) in [7, 11) is 0. The Morgan fingerprint density at radius 1 is 1.32 bits per heavy atom. The van der Waals surface area contributed by atoms with Crippen LogP contribution in [0, 0.1) is 0 Å². The lowest BCUT2D eigenvalue weighted by Gasteiger charge is -2.09. The van der Waals surface area contributed by atoms with Gasteiger partial charge in [0, 0.05) is 16.0 Å². The highest BCUT2D eigenvalue weighted by Crippen LogP contribution is 2.34. The number of hydrogen-bond acceptors (Lipinski definition) is 6. The van der Waals surface area contributed by atoms with Crippen molar-refractivity contribution in [2.75, 3.05) is 6.54 Å². The number of furan rings is 1. The number of carboxylic acid groups (broad SMARTS) is 1. The molecule has 1 aromatic carbocycles. The minimum absolute atomic E-state index is 0.223. The summed E-state index contributed by atoms with van der Waals surface area (Å²) >= 11 is 13.4. The number of halogens is 1. The first-order valence-corrected chi connectivity index (χ1v) is 9.35. The SMILES string of the molecule is O=C(O)CN1C(=O)/C(=C\c2ccc(Sc3ccc(Cl)cc3)o2)SC1=S. The topological polar surface area (TPSA) is 70.8 Å². The third-order valence-electron chi connectivity index (χ3n) is 3.07. The highest BCUT2D eigenvalue weighted by Gasteiger charge is 2.33. The van der Waals surface area contributed by atoms with Gasteiger partial charge >= 0.3 is 5.97 Å². The van der Waals surface area contributed by atoms with Gasteiger partial charge in [-0.25, -0.2) is 0 Å². The number of hydrogen-bond donors (Lipinski definition) is 1. The van der Waals surface area contributed by atoms with Crippen LogP contribution in [0.25, 0.3) is 6.08 Å². The monoisotopic (exact) mass is 411 g/mol. The predicted molar refractivity (Wildman–Crippen MR) is 102 cm³/mol. The molecule has 1 saturated heterocycles. The first-order valence-electron chi connectivity index (χ1n) is 6.93. The number of benzene rings is 1. The van der Waals surface area contributed by atoms with Crippen LogP contribution >= 0.6 is 47.3 Å². The van der Waals surface area contributed by atoms with Crippen molar-refractivity contribution in [3.63, 3.8) is 0 Å². The highest BCUT2D eigenvalue weighted by atomic mass is 35.5. The van der Waals surface area contributed by atoms with Gasteiger partial charge in [0.25, 0.3) is 5.91 Å². The molecule has 2 heterocycles. The maximum Gasteiger partial charge on any atom is 0.323 e. The van der Waals surface area contributed by atoms with Crippen LogP contribution in [0.3, 0.4) is 0 Å². The van der Waals surface area contributed by atoms with Gasteiger partial charge in [0.1, 0.15) is 16.6 Å². The molecule has 0 spiro atoms. The van der Waals surface area contributed by atoms with E-state index in [1.807, 2.05) is 12.1 Å². The Morgan fingerprint density at radius 3 is 2.72 bits per heavy atom. The summed E-state index contributed by atoms with van der Waals surface area (Å²) in [6, 6.07) is 10.9. The first kappa shape index (κ1) is 18.1. The Hall–Kier alpha value is -1.74. The quantitative estimate of drug-likeness (QED) is 0.578. The Kier molecular flexibility index (Phi) is 5.53. The van der Waals surface area contributed by atoms with Crippen molar-refractivity contribution >= 4 is 69.6 Å². The van der Waals surface area contributed by atoms with E-state index in [1.165, 1.54) is 11.8 Å². The lowest BCUT2D eigenvalue weighted by molar-refractivity contribution is -0.140. The molecule has 128 valence electrons. The maximum atomic E-state index is 12.2. The molecule has 1 fully saturated rings. The molecule has 1 aliphatic rings. The minimum Gasteiger partial charge on any atom is -0.480 e. The number of thioether (sulfide) groups is 1. The van der Waals surface area contributed by atoms with Crippen LogP contribution in [0.5, 0.6) is 0 Å². The van der Waals surface area contributed by atoms with Crippen LogP contribution in [-0.2, 0) is 9.59 Å². The van der Waals surface area contributed by atoms with E-state index in [4.69, 9.17) is 33.3 Å². The molecule has 1 N–H and O–H groups in total. The summed E-state index contributed by atoms with van der Waals surface area (Å²) in [6.45, 7) is -0.447. The van der Waals surface area contributed by atoms with E-state index in [-0.39, 0.29) is 4.32 Å². The molecule has 0 saturated carbocycles. The molecule has 0 unspecified atom stereocenters. The molecule has 5 nitrogen and oxygen atoms in total. The van der Waals surface area contributed by atoms with E-state index < -0.39 is 18.4 Å². The smallest absolute Gasteiger partial charge is 0.323 e. The molecule has 0 atom stereocenters. The van der Waals surface area contributed by atoms with E-state index in [0.717, 1.165) is 21.6 Å². The normalized spacial score (nSPS) is 16.0. The Balaban J connectivity index is 1.73. The Bertz CT molecular complexity index is 876. The minimum atomic E-state index is -1.11. The van der Waals surface area contributed by atoms with E-state index in [0.29, 0.717) is 20.8 Å². The fraction of sp³-hybridized carbons (Fsp3) is 0.0625. The van der Waals surface area contributed by atoms with Gasteiger partial charge in [-0.2, -0.15) is 0 Å². The average molecular weight is 412 g/mol. The van der Waals surface area contributed by atoms with Crippen molar-refractivity contribution in [3.05, 3.63) is 52.1 Å². The van der Waals surface area contributed by atoms with Crippen molar-refractivity contribution in [3.8, 4) is 0 Å². The van der Waals surface area contributed by atoms with Crippen molar-refractivity contribution in [1.82, 2.24) is 4.90 Å². The number of carboxylic acids is 1. The zero-order valence-corrected chi connectivity index (χ0v) is 15.7. The molecule has 0 radical (unpaired) electrons. The van der Waals surface area contributed by atoms with Gasteiger partial charge in [-0.1, -0.05) is 47.3 Å². The average Bonchev–Trinajstić information content (AvgIpc) is 3.09. The summed E-state index contributed by atoms with van der Waals surface area (Å²) < 4.78 is 5.91. The number of thiocarbonyl (C=S) groups is 1. The van der Waals surface area contributed by atoms with Gasteiger partial charge in [-0.3, -0.25) is 14.5 Å². The molecule has 9 heteroatoms. The van der Waals surface area contributed by atoms with Gasteiger partial charge < -0.3 is 9.52 Å². The molecule has 1 aromatic heterocycles. The van der Waals surface area contributed by atoms with E-state index >= 15 is 0 Å². The first-order chi connectivity index (χ1) is 11.9. The number of nitrogens with zero attached hydrogens (tertiary/aromatic N) is 1. The summed E-state index contributed by atoms with van der Waals surface area (Å²) in [5, 5.41) is 10.2. The van der Waals surface area contributed by atoms with Crippen molar-refractivity contribution in [2.24, 2.45) is 0 Å². The van der Waals surface area contributed by atoms with Crippen LogP contribution in [0.1, 0.15) is 5.76 Å². The number of carbonyl (C=O) groups excluding carboxylic acids is 1. The summed E-state index contributed by atoms with van der Waals surface area (Å²) in [5.41, 5.74) is 0. The fourth-order valence-corrected chi connectivity index (χ4v) is 4.13. The van der Waals surface area contributed by atoms with Gasteiger partial charge in [-0.05, 0) is 36.4 Å². The van der Waals surface area contributed by atoms with Crippen molar-refractivity contribution in [1.29, 1.82) is 0 Å². The van der Waals surface area contributed by atoms with Gasteiger partial charge in [0.2, 0.25) is 0 Å². The Morgan fingerprint density at radius 2 is 2.04 bits per heavy atom. The number of amides is 1. The van der Waals surface area contributed by atoms with Gasteiger partial charge in [-0.15, -0.1) is 0 Å². The van der Waals surface area contributed by atoms with Crippen LogP contribution in [0.15, 0.2) is 55.7 Å². The number of aliphatic carboxylic acids is 1. The summed E-state index contributed by atoms with van der Waals surface area (Å²) in [4.78, 5) is 25.4. The van der Waals surface area contributed by atoms with E-state index in [9.17, 15) is 9.59 Å². The van der Waals surface area contributed by atoms with Crippen LogP contribution in [-0.4, -0.2) is 32.7 Å². The standard InChI is InChI=1S/C16H10ClNO4S3/c17-9-1-4-11(5-2-9)24-14-6-3-10(22-14)7-12-15(21)18(8-13(19)20)16(23)25-12/h1-7H,8H2,(H,19,20)/b12-7+. The lowest BCUT2D eigenvalue weighted by atomic mass is 10.3. The van der Waals surface area contributed by atoms with Crippen LogP contribution < -0.4 is 0 Å². The van der Waals surface area contributed by atoms with Gasteiger partial charge in [0.15, 0.2) is 5.09 Å². The van der Waals surface area contributed by atoms with Crippen LogP contribution in [0.2, 0.25) is 5.02 Å². The largest absolute Gasteiger partial charge is 0.480 e. The fourth-order valence-electron chi connectivity index (χ4n) is 1.99. The molecule has 0 aliphatic carbocycles. The predicted octanol–water partition coefficient (Wildman–Crippen LogP) is 4.37. The van der Waals surface area contributed by atoms with Crippen molar-refractivity contribution < 1.29 is 19.1 Å². The van der Waals surface area contributed by atoms with Gasteiger partial charge in [0.05, 0.1) is 4.91 Å². The molecule has 2 aromatic rings. The molecule has 25 heavy (non-hydrogen) atoms. The maximum absolute atomic E-state index is 12.2. The second-order valence-corrected chi connectivity index (χ2v) is 8.06. The zero-order chi connectivity index (χ0) is 18.0. The molecule has 3 rings (SSSR count). The third kappa shape index (κ3) is 4.46. The number of rotatable bonds is 5. The third-order valence-corrected chi connectivity index (χ3v) is 5.63. The Labute approximate surface area is 162 Å². The van der Waals surface area contributed by atoms with Crippen molar-refractivity contribution in [2.45, 2.75) is 9.99 Å².